The number of hydrogen-bond acceptors (Lipinski definition) is 6. The third-order valence-corrected chi connectivity index (χ3v) is 5.75. The summed E-state index contributed by atoms with van der Waals surface area (Å²) in [6.45, 7) is 1.95. The van der Waals surface area contributed by atoms with Gasteiger partial charge in [0.1, 0.15) is 0 Å². The Morgan fingerprint density at radius 2 is 1.79 bits per heavy atom. The van der Waals surface area contributed by atoms with Gasteiger partial charge in [0, 0.05) is 19.0 Å². The molecule has 128 valence electrons. The fraction of sp³-hybridized carbons (Fsp3) is 0.500. The third-order valence-electron chi connectivity index (χ3n) is 4.82. The van der Waals surface area contributed by atoms with E-state index in [9.17, 15) is 8.42 Å². The normalized spacial score (nSPS) is 24.1. The van der Waals surface area contributed by atoms with Crippen LogP contribution < -0.4 is 10.0 Å². The number of primary sulfonamides is 1. The summed E-state index contributed by atoms with van der Waals surface area (Å²) in [4.78, 5) is 6.85. The fourth-order valence-electron chi connectivity index (χ4n) is 3.34. The molecule has 24 heavy (non-hydrogen) atoms. The Morgan fingerprint density at radius 1 is 1.08 bits per heavy atom. The van der Waals surface area contributed by atoms with Crippen LogP contribution in [0, 0.1) is 0 Å². The molecule has 0 bridgehead atoms. The molecule has 1 saturated heterocycles. The monoisotopic (exact) mass is 348 g/mol. The predicted molar refractivity (Wildman–Crippen MR) is 88.3 cm³/mol. The van der Waals surface area contributed by atoms with Gasteiger partial charge < -0.3 is 9.42 Å². The number of hydrogen-bond donors (Lipinski definition) is 1. The zero-order valence-electron chi connectivity index (χ0n) is 13.3. The number of nitrogens with two attached hydrogens (primary N) is 1. The Bertz CT molecular complexity index is 825. The van der Waals surface area contributed by atoms with Gasteiger partial charge in [-0.05, 0) is 49.3 Å². The zero-order chi connectivity index (χ0) is 16.7. The molecule has 8 heteroatoms. The molecule has 7 nitrogen and oxygen atoms in total. The second-order valence-electron chi connectivity index (χ2n) is 6.55. The van der Waals surface area contributed by atoms with Crippen molar-refractivity contribution in [3.8, 4) is 0 Å². The molecule has 2 heterocycles. The maximum Gasteiger partial charge on any atom is 0.324 e. The van der Waals surface area contributed by atoms with Crippen molar-refractivity contribution in [2.24, 2.45) is 5.14 Å². The number of rotatable bonds is 4. The topological polar surface area (TPSA) is 102 Å². The molecule has 1 aromatic carbocycles. The first-order valence-electron chi connectivity index (χ1n) is 8.24. The molecule has 1 saturated carbocycles. The molecule has 2 fully saturated rings. The van der Waals surface area contributed by atoms with E-state index in [0.717, 1.165) is 30.9 Å². The molecule has 4 rings (SSSR count). The molecule has 2 aromatic rings. The summed E-state index contributed by atoms with van der Waals surface area (Å²) in [6.07, 6.45) is 4.55. The van der Waals surface area contributed by atoms with Crippen LogP contribution in [0.4, 0.5) is 6.01 Å². The van der Waals surface area contributed by atoms with E-state index in [4.69, 9.17) is 9.66 Å². The van der Waals surface area contributed by atoms with Crippen molar-refractivity contribution < 1.29 is 12.9 Å². The number of piperidine rings is 1. The van der Waals surface area contributed by atoms with E-state index in [-0.39, 0.29) is 10.8 Å². The fourth-order valence-corrected chi connectivity index (χ4v) is 3.86. The molecule has 0 amide bonds. The summed E-state index contributed by atoms with van der Waals surface area (Å²) in [5.41, 5.74) is 1.08. The van der Waals surface area contributed by atoms with Crippen LogP contribution in [0.2, 0.25) is 0 Å². The van der Waals surface area contributed by atoms with Crippen LogP contribution >= 0.6 is 0 Å². The van der Waals surface area contributed by atoms with Gasteiger partial charge in [0.2, 0.25) is 10.0 Å². The Morgan fingerprint density at radius 3 is 2.46 bits per heavy atom. The number of aromatic nitrogens is 2. The molecule has 0 spiro atoms. The van der Waals surface area contributed by atoms with Gasteiger partial charge in [-0.2, -0.15) is 4.98 Å². The summed E-state index contributed by atoms with van der Waals surface area (Å²) in [7, 11) is -3.64. The van der Waals surface area contributed by atoms with Gasteiger partial charge in [0.25, 0.3) is 0 Å². The minimum Gasteiger partial charge on any atom is -0.324 e. The average Bonchev–Trinajstić information content (AvgIpc) is 3.23. The largest absolute Gasteiger partial charge is 0.324 e. The standard InChI is InChI=1S/C16H20N4O3S/c17-24(21,22)12-6-4-11(5-7-12)13-10-14(13)15-18-16(23-19-15)20-8-2-1-3-9-20/h4-7,13-14H,1-3,8-10H2,(H2,17,21,22)/t13-,14+/m0/s1. The number of nitrogens with zero attached hydrogens (tertiary/aromatic N) is 3. The molecule has 1 aliphatic carbocycles. The van der Waals surface area contributed by atoms with Crippen LogP contribution in [0.3, 0.4) is 0 Å². The molecule has 0 radical (unpaired) electrons. The van der Waals surface area contributed by atoms with Crippen molar-refractivity contribution in [3.63, 3.8) is 0 Å². The van der Waals surface area contributed by atoms with E-state index in [0.29, 0.717) is 11.9 Å². The van der Waals surface area contributed by atoms with E-state index >= 15 is 0 Å². The van der Waals surface area contributed by atoms with Gasteiger partial charge in [-0.1, -0.05) is 17.3 Å². The first kappa shape index (κ1) is 15.6. The SMILES string of the molecule is NS(=O)(=O)c1ccc([C@@H]2C[C@H]2c2noc(N3CCCCC3)n2)cc1. The predicted octanol–water partition coefficient (Wildman–Crippen LogP) is 1.98. The minimum atomic E-state index is -3.64. The first-order chi connectivity index (χ1) is 11.5. The highest BCUT2D eigenvalue weighted by molar-refractivity contribution is 7.89. The summed E-state index contributed by atoms with van der Waals surface area (Å²) < 4.78 is 28.0. The molecule has 2 atom stereocenters. The van der Waals surface area contributed by atoms with E-state index in [1.54, 1.807) is 12.1 Å². The maximum atomic E-state index is 11.3. The molecule has 1 aliphatic heterocycles. The number of sulfonamides is 1. The van der Waals surface area contributed by atoms with Gasteiger partial charge >= 0.3 is 6.01 Å². The van der Waals surface area contributed by atoms with E-state index < -0.39 is 10.0 Å². The Kier molecular flexibility index (Phi) is 3.80. The van der Waals surface area contributed by atoms with Crippen molar-refractivity contribution in [2.75, 3.05) is 18.0 Å². The molecule has 2 aliphatic rings. The zero-order valence-corrected chi connectivity index (χ0v) is 14.1. The summed E-state index contributed by atoms with van der Waals surface area (Å²) in [5.74, 6) is 1.30. The number of benzene rings is 1. The van der Waals surface area contributed by atoms with E-state index in [1.807, 2.05) is 12.1 Å². The lowest BCUT2D eigenvalue weighted by atomic mass is 10.1. The second kappa shape index (κ2) is 5.86. The van der Waals surface area contributed by atoms with Crippen LogP contribution in [0.15, 0.2) is 33.7 Å². The van der Waals surface area contributed by atoms with Crippen molar-refractivity contribution in [2.45, 2.75) is 42.4 Å². The quantitative estimate of drug-likeness (QED) is 0.906. The highest BCUT2D eigenvalue weighted by Gasteiger charge is 2.43. The van der Waals surface area contributed by atoms with Crippen molar-refractivity contribution in [1.82, 2.24) is 10.1 Å². The lowest BCUT2D eigenvalue weighted by Crippen LogP contribution is -2.29. The molecular weight excluding hydrogens is 328 g/mol. The van der Waals surface area contributed by atoms with E-state index in [1.165, 1.54) is 19.3 Å². The minimum absolute atomic E-state index is 0.135. The van der Waals surface area contributed by atoms with Gasteiger partial charge in [0.05, 0.1) is 4.90 Å². The van der Waals surface area contributed by atoms with Crippen molar-refractivity contribution in [3.05, 3.63) is 35.7 Å². The van der Waals surface area contributed by atoms with Gasteiger partial charge in [0.15, 0.2) is 5.82 Å². The first-order valence-corrected chi connectivity index (χ1v) is 9.78. The maximum absolute atomic E-state index is 11.3. The van der Waals surface area contributed by atoms with Crippen molar-refractivity contribution in [1.29, 1.82) is 0 Å². The van der Waals surface area contributed by atoms with Crippen LogP contribution in [0.25, 0.3) is 0 Å². The molecule has 2 N–H and O–H groups in total. The highest BCUT2D eigenvalue weighted by atomic mass is 32.2. The van der Waals surface area contributed by atoms with Crippen LogP contribution in [-0.4, -0.2) is 31.6 Å². The van der Waals surface area contributed by atoms with Crippen LogP contribution in [-0.2, 0) is 10.0 Å². The molecule has 1 aromatic heterocycles. The van der Waals surface area contributed by atoms with Gasteiger partial charge in [-0.15, -0.1) is 0 Å². The van der Waals surface area contributed by atoms with Crippen molar-refractivity contribution >= 4 is 16.0 Å². The van der Waals surface area contributed by atoms with Gasteiger partial charge in [-0.3, -0.25) is 0 Å². The summed E-state index contributed by atoms with van der Waals surface area (Å²) >= 11 is 0. The Balaban J connectivity index is 1.45. The third kappa shape index (κ3) is 3.03. The lowest BCUT2D eigenvalue weighted by Gasteiger charge is -2.23. The van der Waals surface area contributed by atoms with Gasteiger partial charge in [-0.25, -0.2) is 13.6 Å². The highest BCUT2D eigenvalue weighted by Crippen LogP contribution is 2.53. The lowest BCUT2D eigenvalue weighted by molar-refractivity contribution is 0.396. The summed E-state index contributed by atoms with van der Waals surface area (Å²) in [5, 5.41) is 9.27. The smallest absolute Gasteiger partial charge is 0.324 e. The average molecular weight is 348 g/mol. The molecule has 0 unspecified atom stereocenters. The summed E-state index contributed by atoms with van der Waals surface area (Å²) in [6, 6.07) is 7.36. The van der Waals surface area contributed by atoms with Crippen LogP contribution in [0.1, 0.15) is 48.9 Å². The Hall–Kier alpha value is -1.93. The Labute approximate surface area is 140 Å². The van der Waals surface area contributed by atoms with Crippen LogP contribution in [0.5, 0.6) is 0 Å². The molecular formula is C16H20N4O3S. The second-order valence-corrected chi connectivity index (χ2v) is 8.11. The van der Waals surface area contributed by atoms with E-state index in [2.05, 4.69) is 15.0 Å². The number of anilines is 1.